The molecular weight excluding hydrogens is 426 g/mol. The van der Waals surface area contributed by atoms with Crippen molar-refractivity contribution in [3.05, 3.63) is 52.8 Å². The number of likely N-dealkylation sites (tertiary alicyclic amines) is 1. The summed E-state index contributed by atoms with van der Waals surface area (Å²) in [4.78, 5) is 31.4. The molecule has 4 rings (SSSR count). The van der Waals surface area contributed by atoms with Crippen molar-refractivity contribution in [1.29, 1.82) is 0 Å². The first-order valence-electron chi connectivity index (χ1n) is 12.7. The average Bonchev–Trinajstić information content (AvgIpc) is 3.15. The molecule has 2 aliphatic heterocycles. The third kappa shape index (κ3) is 4.38. The molecule has 2 unspecified atom stereocenters. The molecule has 7 heteroatoms. The third-order valence-corrected chi connectivity index (χ3v) is 7.53. The van der Waals surface area contributed by atoms with Gasteiger partial charge in [0.05, 0.1) is 11.7 Å². The summed E-state index contributed by atoms with van der Waals surface area (Å²) in [5.74, 6) is 0.462. The van der Waals surface area contributed by atoms with E-state index in [2.05, 4.69) is 72.4 Å². The number of benzene rings is 1. The molecule has 2 aromatic rings. The Morgan fingerprint density at radius 1 is 1.12 bits per heavy atom. The molecule has 2 amide bonds. The van der Waals surface area contributed by atoms with Crippen molar-refractivity contribution >= 4 is 11.8 Å². The second kappa shape index (κ2) is 9.90. The molecule has 0 bridgehead atoms. The van der Waals surface area contributed by atoms with Gasteiger partial charge < -0.3 is 10.2 Å². The molecule has 1 aromatic heterocycles. The Kier molecular flexibility index (Phi) is 7.12. The Bertz CT molecular complexity index is 988. The maximum atomic E-state index is 13.5. The number of carbonyl (C=O) groups excluding carboxylic acids is 2. The lowest BCUT2D eigenvalue weighted by Crippen LogP contribution is -2.73. The predicted molar refractivity (Wildman–Crippen MR) is 133 cm³/mol. The number of H-pyrrole nitrogens is 1. The van der Waals surface area contributed by atoms with Crippen molar-refractivity contribution in [3.63, 3.8) is 0 Å². The van der Waals surface area contributed by atoms with E-state index in [0.29, 0.717) is 31.7 Å². The highest BCUT2D eigenvalue weighted by atomic mass is 16.2. The average molecular weight is 466 g/mol. The molecule has 7 nitrogen and oxygen atoms in total. The first kappa shape index (κ1) is 24.5. The molecule has 2 N–H and O–H groups in total. The Balaban J connectivity index is 1.62. The zero-order valence-electron chi connectivity index (χ0n) is 21.2. The highest BCUT2D eigenvalue weighted by Gasteiger charge is 2.53. The lowest BCUT2D eigenvalue weighted by Gasteiger charge is -2.52. The number of piperazine rings is 1. The molecule has 2 atom stereocenters. The third-order valence-electron chi connectivity index (χ3n) is 7.53. The van der Waals surface area contributed by atoms with E-state index < -0.39 is 11.6 Å². The second-order valence-electron chi connectivity index (χ2n) is 10.4. The van der Waals surface area contributed by atoms with Crippen LogP contribution >= 0.6 is 0 Å². The first-order valence-corrected chi connectivity index (χ1v) is 12.7. The van der Waals surface area contributed by atoms with Gasteiger partial charge in [0.25, 0.3) is 0 Å². The molecule has 0 radical (unpaired) electrons. The van der Waals surface area contributed by atoms with Crippen molar-refractivity contribution in [1.82, 2.24) is 25.3 Å². The smallest absolute Gasteiger partial charge is 0.246 e. The van der Waals surface area contributed by atoms with Gasteiger partial charge >= 0.3 is 0 Å². The fraction of sp³-hybridized carbons (Fsp3) is 0.593. The summed E-state index contributed by atoms with van der Waals surface area (Å²) in [6, 6.07) is 10.2. The van der Waals surface area contributed by atoms with E-state index in [1.54, 1.807) is 0 Å². The Morgan fingerprint density at radius 2 is 1.79 bits per heavy atom. The number of nitrogens with zero attached hydrogens (tertiary/aromatic N) is 3. The summed E-state index contributed by atoms with van der Waals surface area (Å²) in [6.07, 6.45) is 2.80. The van der Waals surface area contributed by atoms with Gasteiger partial charge in [-0.3, -0.25) is 19.6 Å². The summed E-state index contributed by atoms with van der Waals surface area (Å²) in [7, 11) is 0. The number of aromatic nitrogens is 2. The van der Waals surface area contributed by atoms with Crippen LogP contribution in [0.2, 0.25) is 0 Å². The van der Waals surface area contributed by atoms with Crippen molar-refractivity contribution in [2.75, 3.05) is 19.6 Å². The van der Waals surface area contributed by atoms with Crippen LogP contribution in [-0.2, 0) is 9.59 Å². The van der Waals surface area contributed by atoms with E-state index in [4.69, 9.17) is 0 Å². The number of amides is 2. The summed E-state index contributed by atoms with van der Waals surface area (Å²) in [6.45, 7) is 12.5. The topological polar surface area (TPSA) is 81.3 Å². The van der Waals surface area contributed by atoms with Crippen molar-refractivity contribution in [2.24, 2.45) is 5.92 Å². The van der Waals surface area contributed by atoms with Crippen LogP contribution in [0.5, 0.6) is 0 Å². The molecule has 2 aliphatic rings. The predicted octanol–water partition coefficient (Wildman–Crippen LogP) is 3.73. The minimum absolute atomic E-state index is 0.0257. The van der Waals surface area contributed by atoms with Gasteiger partial charge in [-0.25, -0.2) is 0 Å². The molecule has 34 heavy (non-hydrogen) atoms. The van der Waals surface area contributed by atoms with Crippen LogP contribution in [0.25, 0.3) is 0 Å². The first-order chi connectivity index (χ1) is 16.3. The molecule has 0 saturated carbocycles. The molecular formula is C27H39N5O2. The van der Waals surface area contributed by atoms with E-state index in [1.807, 2.05) is 17.9 Å². The van der Waals surface area contributed by atoms with Crippen LogP contribution in [0.15, 0.2) is 30.3 Å². The van der Waals surface area contributed by atoms with E-state index in [0.717, 1.165) is 30.9 Å². The van der Waals surface area contributed by atoms with Crippen LogP contribution in [0.1, 0.15) is 75.0 Å². The molecule has 184 valence electrons. The fourth-order valence-electron chi connectivity index (χ4n) is 5.86. The van der Waals surface area contributed by atoms with Gasteiger partial charge in [0.15, 0.2) is 0 Å². The van der Waals surface area contributed by atoms with Gasteiger partial charge in [-0.05, 0) is 51.0 Å². The number of aromatic amines is 1. The van der Waals surface area contributed by atoms with Crippen LogP contribution in [-0.4, -0.2) is 63.0 Å². The maximum absolute atomic E-state index is 13.5. The monoisotopic (exact) mass is 465 g/mol. The Morgan fingerprint density at radius 3 is 2.35 bits per heavy atom. The number of rotatable bonds is 7. The molecule has 0 aliphatic carbocycles. The molecule has 1 spiro atoms. The lowest BCUT2D eigenvalue weighted by molar-refractivity contribution is -0.162. The van der Waals surface area contributed by atoms with Gasteiger partial charge in [-0.1, -0.05) is 51.1 Å². The zero-order valence-corrected chi connectivity index (χ0v) is 21.2. The van der Waals surface area contributed by atoms with Crippen LogP contribution in [0.3, 0.4) is 0 Å². The SMILES string of the molecule is CCCN1C(=O)C(CC(C)C)NC(=O)C12CCN(C(c1ccccc1)c1c(C)n[nH]c1C)CC2. The molecule has 3 heterocycles. The summed E-state index contributed by atoms with van der Waals surface area (Å²) in [5, 5.41) is 10.7. The van der Waals surface area contributed by atoms with Gasteiger partial charge in [0.2, 0.25) is 11.8 Å². The maximum Gasteiger partial charge on any atom is 0.246 e. The van der Waals surface area contributed by atoms with E-state index in [9.17, 15) is 9.59 Å². The summed E-state index contributed by atoms with van der Waals surface area (Å²) >= 11 is 0. The van der Waals surface area contributed by atoms with Gasteiger partial charge in [-0.15, -0.1) is 0 Å². The lowest BCUT2D eigenvalue weighted by atomic mass is 9.79. The second-order valence-corrected chi connectivity index (χ2v) is 10.4. The van der Waals surface area contributed by atoms with Gasteiger partial charge in [-0.2, -0.15) is 5.10 Å². The summed E-state index contributed by atoms with van der Waals surface area (Å²) < 4.78 is 0. The highest BCUT2D eigenvalue weighted by Crippen LogP contribution is 2.39. The van der Waals surface area contributed by atoms with Gasteiger partial charge in [0.1, 0.15) is 11.6 Å². The van der Waals surface area contributed by atoms with Crippen molar-refractivity contribution in [3.8, 4) is 0 Å². The number of nitrogens with one attached hydrogen (secondary N) is 2. The minimum Gasteiger partial charge on any atom is -0.342 e. The van der Waals surface area contributed by atoms with Gasteiger partial charge in [0, 0.05) is 30.9 Å². The van der Waals surface area contributed by atoms with Crippen molar-refractivity contribution < 1.29 is 9.59 Å². The van der Waals surface area contributed by atoms with Crippen molar-refractivity contribution in [2.45, 2.75) is 77.9 Å². The van der Waals surface area contributed by atoms with E-state index >= 15 is 0 Å². The number of hydrogen-bond acceptors (Lipinski definition) is 4. The molecule has 2 saturated heterocycles. The van der Waals surface area contributed by atoms with E-state index in [-0.39, 0.29) is 17.9 Å². The Hall–Kier alpha value is -2.67. The molecule has 2 fully saturated rings. The molecule has 1 aromatic carbocycles. The number of hydrogen-bond donors (Lipinski definition) is 2. The highest BCUT2D eigenvalue weighted by molar-refractivity contribution is 6.00. The van der Waals surface area contributed by atoms with Crippen LogP contribution in [0.4, 0.5) is 0 Å². The zero-order chi connectivity index (χ0) is 24.5. The van der Waals surface area contributed by atoms with Crippen LogP contribution < -0.4 is 5.32 Å². The number of aryl methyl sites for hydroxylation is 2. The largest absolute Gasteiger partial charge is 0.342 e. The minimum atomic E-state index is -0.751. The Labute approximate surface area is 203 Å². The van der Waals surface area contributed by atoms with E-state index in [1.165, 1.54) is 11.1 Å². The van der Waals surface area contributed by atoms with Crippen LogP contribution in [0, 0.1) is 19.8 Å². The number of piperidine rings is 1. The summed E-state index contributed by atoms with van der Waals surface area (Å²) in [5.41, 5.74) is 3.74. The normalized spacial score (nSPS) is 21.8. The number of carbonyl (C=O) groups is 2. The standard InChI is InChI=1S/C27H39N5O2/c1-6-14-32-25(33)22(17-18(2)3)28-26(34)27(32)12-15-31(16-13-27)24(21-10-8-7-9-11-21)23-19(4)29-30-20(23)5/h7-11,18,22,24H,6,12-17H2,1-5H3,(H,28,34)(H,29,30). The quantitative estimate of drug-likeness (QED) is 0.653. The fourth-order valence-corrected chi connectivity index (χ4v) is 5.86.